The van der Waals surface area contributed by atoms with Crippen molar-refractivity contribution in [3.63, 3.8) is 0 Å². The van der Waals surface area contributed by atoms with Gasteiger partial charge in [0, 0.05) is 16.6 Å². The number of carbonyl (C=O) groups excluding carboxylic acids is 1. The number of carbonyl (C=O) groups is 1. The standard InChI is InChI=1S/C15H16N6OS/c1-3-11-7-14(17-10(2)16-11)18-15(22)13-9-21(20-19-13)8-12-5-4-6-23-12/h4-7,9H,3,8H2,1-2H3,(H,16,17,18,22). The van der Waals surface area contributed by atoms with Crippen molar-refractivity contribution >= 4 is 23.1 Å². The average Bonchev–Trinajstić information content (AvgIpc) is 3.19. The minimum atomic E-state index is -0.331. The number of thiophene rings is 1. The maximum atomic E-state index is 12.3. The van der Waals surface area contributed by atoms with Gasteiger partial charge in [-0.25, -0.2) is 14.6 Å². The van der Waals surface area contributed by atoms with Crippen LogP contribution in [0, 0.1) is 6.92 Å². The van der Waals surface area contributed by atoms with Crippen LogP contribution in [-0.2, 0) is 13.0 Å². The number of nitrogens with one attached hydrogen (secondary N) is 1. The Morgan fingerprint density at radius 3 is 3.00 bits per heavy atom. The van der Waals surface area contributed by atoms with E-state index in [0.29, 0.717) is 18.2 Å². The van der Waals surface area contributed by atoms with Crippen LogP contribution < -0.4 is 5.32 Å². The second-order valence-electron chi connectivity index (χ2n) is 4.98. The fourth-order valence-electron chi connectivity index (χ4n) is 2.10. The quantitative estimate of drug-likeness (QED) is 0.777. The zero-order chi connectivity index (χ0) is 16.2. The highest BCUT2D eigenvalue weighted by atomic mass is 32.1. The number of hydrogen-bond acceptors (Lipinski definition) is 6. The first kappa shape index (κ1) is 15.3. The number of aryl methyl sites for hydroxylation is 2. The van der Waals surface area contributed by atoms with E-state index in [0.717, 1.165) is 17.0 Å². The highest BCUT2D eigenvalue weighted by Crippen LogP contribution is 2.11. The summed E-state index contributed by atoms with van der Waals surface area (Å²) in [5.74, 6) is 0.774. The van der Waals surface area contributed by atoms with E-state index >= 15 is 0 Å². The molecule has 3 aromatic rings. The second-order valence-corrected chi connectivity index (χ2v) is 6.01. The van der Waals surface area contributed by atoms with Crippen LogP contribution in [0.1, 0.15) is 33.8 Å². The molecule has 23 heavy (non-hydrogen) atoms. The van der Waals surface area contributed by atoms with Crippen molar-refractivity contribution in [2.45, 2.75) is 26.8 Å². The minimum Gasteiger partial charge on any atom is -0.305 e. The van der Waals surface area contributed by atoms with Crippen molar-refractivity contribution in [2.24, 2.45) is 0 Å². The van der Waals surface area contributed by atoms with Crippen LogP contribution >= 0.6 is 11.3 Å². The number of rotatable bonds is 5. The number of hydrogen-bond donors (Lipinski definition) is 1. The van der Waals surface area contributed by atoms with Crippen molar-refractivity contribution in [1.29, 1.82) is 0 Å². The first-order chi connectivity index (χ1) is 11.1. The molecule has 0 bridgehead atoms. The highest BCUT2D eigenvalue weighted by molar-refractivity contribution is 7.09. The fourth-order valence-corrected chi connectivity index (χ4v) is 2.79. The minimum absolute atomic E-state index is 0.260. The molecule has 3 heterocycles. The Labute approximate surface area is 137 Å². The molecule has 1 amide bonds. The zero-order valence-corrected chi connectivity index (χ0v) is 13.7. The molecule has 0 saturated carbocycles. The highest BCUT2D eigenvalue weighted by Gasteiger charge is 2.13. The largest absolute Gasteiger partial charge is 0.305 e. The maximum Gasteiger partial charge on any atom is 0.278 e. The third-order valence-corrected chi connectivity index (χ3v) is 4.03. The Morgan fingerprint density at radius 1 is 1.39 bits per heavy atom. The van der Waals surface area contributed by atoms with Gasteiger partial charge >= 0.3 is 0 Å². The molecule has 0 aromatic carbocycles. The molecule has 0 atom stereocenters. The van der Waals surface area contributed by atoms with Crippen LogP contribution in [0.3, 0.4) is 0 Å². The smallest absolute Gasteiger partial charge is 0.278 e. The summed E-state index contributed by atoms with van der Waals surface area (Å²) in [5.41, 5.74) is 1.14. The maximum absolute atomic E-state index is 12.3. The van der Waals surface area contributed by atoms with Gasteiger partial charge in [-0.3, -0.25) is 4.79 Å². The molecule has 3 aromatic heterocycles. The van der Waals surface area contributed by atoms with Gasteiger partial charge in [-0.05, 0) is 24.8 Å². The van der Waals surface area contributed by atoms with E-state index in [-0.39, 0.29) is 11.6 Å². The molecule has 3 rings (SSSR count). The predicted molar refractivity (Wildman–Crippen MR) is 87.5 cm³/mol. The van der Waals surface area contributed by atoms with Gasteiger partial charge in [0.15, 0.2) is 5.69 Å². The summed E-state index contributed by atoms with van der Waals surface area (Å²) in [4.78, 5) is 21.9. The third-order valence-electron chi connectivity index (χ3n) is 3.16. The first-order valence-electron chi connectivity index (χ1n) is 7.22. The normalized spacial score (nSPS) is 10.7. The molecule has 0 spiro atoms. The first-order valence-corrected chi connectivity index (χ1v) is 8.10. The number of nitrogens with zero attached hydrogens (tertiary/aromatic N) is 5. The van der Waals surface area contributed by atoms with E-state index in [1.165, 1.54) is 0 Å². The molecule has 118 valence electrons. The molecule has 8 heteroatoms. The Kier molecular flexibility index (Phi) is 4.42. The van der Waals surface area contributed by atoms with Crippen LogP contribution in [0.25, 0.3) is 0 Å². The summed E-state index contributed by atoms with van der Waals surface area (Å²) in [7, 11) is 0. The van der Waals surface area contributed by atoms with Crippen LogP contribution in [-0.4, -0.2) is 30.9 Å². The lowest BCUT2D eigenvalue weighted by Crippen LogP contribution is -2.14. The van der Waals surface area contributed by atoms with Crippen LogP contribution in [0.5, 0.6) is 0 Å². The molecule has 0 saturated heterocycles. The van der Waals surface area contributed by atoms with Gasteiger partial charge in [-0.2, -0.15) is 0 Å². The van der Waals surface area contributed by atoms with Gasteiger partial charge in [0.05, 0.1) is 12.7 Å². The van der Waals surface area contributed by atoms with Gasteiger partial charge in [-0.1, -0.05) is 18.2 Å². The fraction of sp³-hybridized carbons (Fsp3) is 0.267. The summed E-state index contributed by atoms with van der Waals surface area (Å²) >= 11 is 1.64. The Hall–Kier alpha value is -2.61. The average molecular weight is 328 g/mol. The molecule has 0 aliphatic rings. The second kappa shape index (κ2) is 6.66. The lowest BCUT2D eigenvalue weighted by Gasteiger charge is -2.05. The Balaban J connectivity index is 1.71. The van der Waals surface area contributed by atoms with Crippen molar-refractivity contribution in [3.05, 3.63) is 51.9 Å². The van der Waals surface area contributed by atoms with Crippen LogP contribution in [0.2, 0.25) is 0 Å². The van der Waals surface area contributed by atoms with E-state index in [2.05, 4.69) is 25.6 Å². The van der Waals surface area contributed by atoms with Crippen molar-refractivity contribution < 1.29 is 4.79 Å². The van der Waals surface area contributed by atoms with Crippen LogP contribution in [0.4, 0.5) is 5.82 Å². The molecule has 0 fully saturated rings. The molecular formula is C15H16N6OS. The molecule has 0 aliphatic carbocycles. The zero-order valence-electron chi connectivity index (χ0n) is 12.9. The molecule has 7 nitrogen and oxygen atoms in total. The van der Waals surface area contributed by atoms with Gasteiger partial charge < -0.3 is 5.32 Å². The van der Waals surface area contributed by atoms with Gasteiger partial charge in [-0.15, -0.1) is 16.4 Å². The van der Waals surface area contributed by atoms with E-state index < -0.39 is 0 Å². The predicted octanol–water partition coefficient (Wildman–Crippen LogP) is 2.30. The van der Waals surface area contributed by atoms with Gasteiger partial charge in [0.2, 0.25) is 0 Å². The molecule has 0 aliphatic heterocycles. The molecule has 1 N–H and O–H groups in total. The number of amides is 1. The summed E-state index contributed by atoms with van der Waals surface area (Å²) in [6.07, 6.45) is 2.41. The van der Waals surface area contributed by atoms with Crippen molar-refractivity contribution in [2.75, 3.05) is 5.32 Å². The van der Waals surface area contributed by atoms with Crippen LogP contribution in [0.15, 0.2) is 29.8 Å². The van der Waals surface area contributed by atoms with E-state index in [9.17, 15) is 4.79 Å². The SMILES string of the molecule is CCc1cc(NC(=O)c2cn(Cc3cccs3)nn2)nc(C)n1. The third kappa shape index (κ3) is 3.78. The van der Waals surface area contributed by atoms with Gasteiger partial charge in [0.25, 0.3) is 5.91 Å². The molecule has 0 radical (unpaired) electrons. The number of anilines is 1. The Morgan fingerprint density at radius 2 is 2.26 bits per heavy atom. The van der Waals surface area contributed by atoms with E-state index in [4.69, 9.17) is 0 Å². The molecular weight excluding hydrogens is 312 g/mol. The lowest BCUT2D eigenvalue weighted by molar-refractivity contribution is 0.102. The van der Waals surface area contributed by atoms with Crippen molar-refractivity contribution in [1.82, 2.24) is 25.0 Å². The van der Waals surface area contributed by atoms with Crippen molar-refractivity contribution in [3.8, 4) is 0 Å². The topological polar surface area (TPSA) is 85.6 Å². The molecule has 0 unspecified atom stereocenters. The summed E-state index contributed by atoms with van der Waals surface area (Å²) in [6, 6.07) is 5.76. The lowest BCUT2D eigenvalue weighted by atomic mass is 10.3. The van der Waals surface area contributed by atoms with Gasteiger partial charge in [0.1, 0.15) is 11.6 Å². The summed E-state index contributed by atoms with van der Waals surface area (Å²) in [5, 5.41) is 12.7. The Bertz CT molecular complexity index is 811. The summed E-state index contributed by atoms with van der Waals surface area (Å²) < 4.78 is 1.64. The number of aromatic nitrogens is 5. The van der Waals surface area contributed by atoms with E-state index in [1.807, 2.05) is 24.4 Å². The summed E-state index contributed by atoms with van der Waals surface area (Å²) in [6.45, 7) is 4.40. The monoisotopic (exact) mass is 328 g/mol. The van der Waals surface area contributed by atoms with E-state index in [1.54, 1.807) is 35.2 Å².